The van der Waals surface area contributed by atoms with E-state index in [9.17, 15) is 4.79 Å². The van der Waals surface area contributed by atoms with Gasteiger partial charge in [0, 0.05) is 11.0 Å². The number of primary amides is 1. The highest BCUT2D eigenvalue weighted by Crippen LogP contribution is 1.33. The zero-order valence-corrected chi connectivity index (χ0v) is 1.99. The molecular formula is C2H5NO. The van der Waals surface area contributed by atoms with E-state index in [0.717, 1.165) is 0 Å². The molecule has 0 heterocycles. The van der Waals surface area contributed by atoms with Gasteiger partial charge < -0.3 is 5.73 Å². The normalized spacial score (nSPS) is 20.5. The van der Waals surface area contributed by atoms with E-state index in [2.05, 4.69) is 5.73 Å². The highest BCUT2D eigenvalue weighted by molar-refractivity contribution is 5.70. The summed E-state index contributed by atoms with van der Waals surface area (Å²) in [5.41, 5.74) is 4.37. The highest BCUT2D eigenvalue weighted by Gasteiger charge is 1.61. The van der Waals surface area contributed by atoms with Crippen molar-refractivity contribution in [2.75, 3.05) is 0 Å². The molecule has 24 valence electrons. The fraction of sp³-hybridized carbons (Fsp3) is 0.500. The summed E-state index contributed by atoms with van der Waals surface area (Å²) in [4.78, 5) is 9.68. The lowest BCUT2D eigenvalue weighted by molar-refractivity contribution is -0.115. The van der Waals surface area contributed by atoms with Crippen molar-refractivity contribution in [3.63, 3.8) is 0 Å². The smallest absolute Gasteiger partial charge is 0.214 e. The molecule has 0 aromatic carbocycles. The van der Waals surface area contributed by atoms with Crippen molar-refractivity contribution >= 4 is 5.91 Å². The van der Waals surface area contributed by atoms with Crippen LogP contribution in [0.2, 0.25) is 0 Å². The molecule has 1 amide bonds. The molecule has 0 unspecified atom stereocenters. The van der Waals surface area contributed by atoms with Gasteiger partial charge >= 0.3 is 0 Å². The maximum atomic E-state index is 9.68. The first-order valence-corrected chi connectivity index (χ1v) is 0.743. The fourth-order valence-corrected chi connectivity index (χ4v) is 0. The number of rotatable bonds is 0. The Kier molecular flexibility index (Phi) is 0.155. The van der Waals surface area contributed by atoms with Gasteiger partial charge in [-0.1, -0.05) is 0 Å². The van der Waals surface area contributed by atoms with Gasteiger partial charge in [0.05, 0.1) is 0 Å². The molecule has 0 rings (SSSR count). The van der Waals surface area contributed by atoms with Crippen LogP contribution in [-0.4, -0.2) is 5.91 Å². The lowest BCUT2D eigenvalue weighted by Gasteiger charge is -1.60. The van der Waals surface area contributed by atoms with Gasteiger partial charge in [0.25, 0.3) is 0 Å². The molecule has 0 aliphatic rings. The number of hydrogen-bond acceptors (Lipinski definition) is 1. The van der Waals surface area contributed by atoms with Crippen LogP contribution in [0.1, 0.15) is 11.0 Å². The Hall–Kier alpha value is -0.530. The Balaban J connectivity index is 3.79. The summed E-state index contributed by atoms with van der Waals surface area (Å²) in [6.45, 7) is -2.61. The maximum absolute atomic E-state index is 9.68. The Labute approximate surface area is 28.8 Å². The summed E-state index contributed by atoms with van der Waals surface area (Å²) in [6, 6.07) is 0. The first-order chi connectivity index (χ1) is 2.94. The number of carbonyl (C=O) groups excluding carboxylic acids is 1. The first-order valence-electron chi connectivity index (χ1n) is 2.24. The Bertz CT molecular complexity index is 85.4. The van der Waals surface area contributed by atoms with Crippen LogP contribution >= 0.6 is 0 Å². The summed E-state index contributed by atoms with van der Waals surface area (Å²) in [6.07, 6.45) is 0. The second-order valence-electron chi connectivity index (χ2n) is 0.364. The fourth-order valence-electron chi connectivity index (χ4n) is 0. The molecule has 2 heteroatoms. The van der Waals surface area contributed by atoms with Gasteiger partial charge in [-0.15, -0.1) is 0 Å². The topological polar surface area (TPSA) is 43.1 Å². The van der Waals surface area contributed by atoms with E-state index >= 15 is 0 Å². The quantitative estimate of drug-likeness (QED) is 0.378. The van der Waals surface area contributed by atoms with Crippen LogP contribution in [0.3, 0.4) is 0 Å². The third-order valence-electron chi connectivity index (χ3n) is 0. The largest absolute Gasteiger partial charge is 0.370 e. The number of nitrogens with two attached hydrogens (primary N) is 1. The van der Waals surface area contributed by atoms with Crippen molar-refractivity contribution in [2.45, 2.75) is 6.85 Å². The second-order valence-corrected chi connectivity index (χ2v) is 0.364. The molecule has 2 N–H and O–H groups in total. The van der Waals surface area contributed by atoms with Gasteiger partial charge in [0.15, 0.2) is 0 Å². The highest BCUT2D eigenvalue weighted by atomic mass is 16.2. The van der Waals surface area contributed by atoms with E-state index in [1.807, 2.05) is 0 Å². The lowest BCUT2D eigenvalue weighted by Crippen LogP contribution is -2.01. The maximum Gasteiger partial charge on any atom is 0.214 e. The molecule has 0 aliphatic heterocycles. The lowest BCUT2D eigenvalue weighted by atomic mass is 10.8. The van der Waals surface area contributed by atoms with Gasteiger partial charge in [-0.05, 0) is 0 Å². The van der Waals surface area contributed by atoms with Crippen LogP contribution in [0, 0.1) is 0 Å². The number of carbonyl (C=O) groups is 1. The van der Waals surface area contributed by atoms with E-state index in [1.165, 1.54) is 0 Å². The van der Waals surface area contributed by atoms with Crippen LogP contribution in [0.25, 0.3) is 0 Å². The van der Waals surface area contributed by atoms with Crippen LogP contribution in [0.4, 0.5) is 0 Å². The molecule has 0 aromatic heterocycles. The van der Waals surface area contributed by atoms with E-state index in [-0.39, 0.29) is 0 Å². The molecule has 0 saturated heterocycles. The molecule has 0 fully saturated rings. The predicted octanol–water partition coefficient (Wildman–Crippen LogP) is -0.508. The Morgan fingerprint density at radius 3 is 2.75 bits per heavy atom. The third-order valence-corrected chi connectivity index (χ3v) is 0. The van der Waals surface area contributed by atoms with Crippen molar-refractivity contribution < 1.29 is 8.91 Å². The molecule has 2 nitrogen and oxygen atoms in total. The number of amides is 1. The molecule has 0 aliphatic carbocycles. The van der Waals surface area contributed by atoms with Crippen LogP contribution in [0.5, 0.6) is 0 Å². The van der Waals surface area contributed by atoms with Gasteiger partial charge in [-0.3, -0.25) is 4.79 Å². The van der Waals surface area contributed by atoms with Gasteiger partial charge in [-0.25, -0.2) is 0 Å². The Morgan fingerprint density at radius 2 is 2.75 bits per heavy atom. The van der Waals surface area contributed by atoms with E-state index in [1.54, 1.807) is 0 Å². The van der Waals surface area contributed by atoms with Crippen molar-refractivity contribution in [1.29, 1.82) is 0 Å². The van der Waals surface area contributed by atoms with Crippen LogP contribution in [0.15, 0.2) is 0 Å². The van der Waals surface area contributed by atoms with Gasteiger partial charge in [-0.2, -0.15) is 0 Å². The van der Waals surface area contributed by atoms with Crippen molar-refractivity contribution in [3.05, 3.63) is 0 Å². The van der Waals surface area contributed by atoms with E-state index in [0.29, 0.717) is 0 Å². The minimum absolute atomic E-state index is 1.26. The molecule has 0 radical (unpaired) electrons. The van der Waals surface area contributed by atoms with E-state index < -0.39 is 12.8 Å². The van der Waals surface area contributed by atoms with Crippen molar-refractivity contribution in [3.8, 4) is 0 Å². The molecule has 0 aromatic rings. The van der Waals surface area contributed by atoms with Gasteiger partial charge in [0.2, 0.25) is 5.91 Å². The minimum Gasteiger partial charge on any atom is -0.370 e. The van der Waals surface area contributed by atoms with Crippen LogP contribution in [-0.2, 0) is 4.79 Å². The van der Waals surface area contributed by atoms with Crippen LogP contribution < -0.4 is 5.73 Å². The minimum atomic E-state index is -2.61. The summed E-state index contributed by atoms with van der Waals surface area (Å²) in [5, 5.41) is 0. The molecular weight excluding hydrogens is 55.0 g/mol. The standard InChI is InChI=1S/C2H5NO/c1-2(3)4/h1H3,(H2,3,4)/i1D3,3+1. The average molecular weight is 63.1 g/mol. The Morgan fingerprint density at radius 1 is 2.50 bits per heavy atom. The summed E-state index contributed by atoms with van der Waals surface area (Å²) >= 11 is 0. The second kappa shape index (κ2) is 0.875. The molecule has 0 atom stereocenters. The average Bonchev–Trinajstić information content (AvgIpc) is 1.31. The first kappa shape index (κ1) is 0.708. The van der Waals surface area contributed by atoms with Crippen molar-refractivity contribution in [1.82, 2.24) is 0 Å². The van der Waals surface area contributed by atoms with Crippen molar-refractivity contribution in [2.24, 2.45) is 5.73 Å². The zero-order chi connectivity index (χ0) is 6.08. The zero-order valence-electron chi connectivity index (χ0n) is 4.99. The summed E-state index contributed by atoms with van der Waals surface area (Å²) < 4.78 is 18.7. The third kappa shape index (κ3) is 1.16. The van der Waals surface area contributed by atoms with E-state index in [4.69, 9.17) is 4.11 Å². The molecule has 0 bridgehead atoms. The predicted molar refractivity (Wildman–Crippen MR) is 14.9 cm³/mol. The molecule has 0 spiro atoms. The SMILES string of the molecule is [2H]C([2H])([2H])C([15NH2])=O. The summed E-state index contributed by atoms with van der Waals surface area (Å²) in [7, 11) is 0. The monoisotopic (exact) mass is 63.1 g/mol. The number of hydrogen-bond donors (Lipinski definition) is 1. The molecule has 4 heavy (non-hydrogen) atoms. The molecule has 0 saturated carbocycles. The summed E-state index contributed by atoms with van der Waals surface area (Å²) in [5.74, 6) is -1.26. The van der Waals surface area contributed by atoms with Gasteiger partial charge in [0.1, 0.15) is 0 Å².